The van der Waals surface area contributed by atoms with Crippen molar-refractivity contribution >= 4 is 10.9 Å². The summed E-state index contributed by atoms with van der Waals surface area (Å²) >= 11 is 0. The number of hydrogen-bond acceptors (Lipinski definition) is 2. The van der Waals surface area contributed by atoms with E-state index in [0.29, 0.717) is 0 Å². The van der Waals surface area contributed by atoms with E-state index in [1.165, 1.54) is 22.2 Å². The third-order valence-corrected chi connectivity index (χ3v) is 3.25. The highest BCUT2D eigenvalue weighted by Crippen LogP contribution is 2.29. The summed E-state index contributed by atoms with van der Waals surface area (Å²) < 4.78 is 5.33. The molecular weight excluding hydrogens is 200 g/mol. The predicted octanol–water partition coefficient (Wildman–Crippen LogP) is 2.50. The van der Waals surface area contributed by atoms with Crippen LogP contribution in [0.5, 0.6) is 0 Å². The van der Waals surface area contributed by atoms with Crippen LogP contribution in [0.4, 0.5) is 0 Å². The van der Waals surface area contributed by atoms with Crippen molar-refractivity contribution in [3.8, 4) is 0 Å². The number of methoxy groups -OCH3 is 1. The summed E-state index contributed by atoms with van der Waals surface area (Å²) in [6, 6.07) is 2.08. The van der Waals surface area contributed by atoms with Gasteiger partial charge in [-0.15, -0.1) is 0 Å². The van der Waals surface area contributed by atoms with E-state index in [4.69, 9.17) is 4.74 Å². The van der Waals surface area contributed by atoms with E-state index < -0.39 is 0 Å². The molecule has 0 aliphatic heterocycles. The maximum atomic E-state index is 5.33. The van der Waals surface area contributed by atoms with Crippen molar-refractivity contribution in [2.45, 2.75) is 19.8 Å². The number of fused-ring (bicyclic) bond motifs is 3. The van der Waals surface area contributed by atoms with E-state index >= 15 is 0 Å². The van der Waals surface area contributed by atoms with E-state index in [2.05, 4.69) is 22.1 Å². The summed E-state index contributed by atoms with van der Waals surface area (Å²) in [4.78, 5) is 7.78. The molecule has 1 aliphatic carbocycles. The molecule has 0 aromatic carbocycles. The van der Waals surface area contributed by atoms with Crippen molar-refractivity contribution in [2.75, 3.05) is 7.11 Å². The topological polar surface area (TPSA) is 37.9 Å². The van der Waals surface area contributed by atoms with Gasteiger partial charge in [-0.1, -0.05) is 0 Å². The summed E-state index contributed by atoms with van der Waals surface area (Å²) in [5, 5.41) is 1.28. The highest BCUT2D eigenvalue weighted by molar-refractivity contribution is 5.86. The quantitative estimate of drug-likeness (QED) is 0.792. The van der Waals surface area contributed by atoms with E-state index in [1.54, 1.807) is 7.11 Å². The Morgan fingerprint density at radius 1 is 1.44 bits per heavy atom. The molecule has 0 fully saturated rings. The van der Waals surface area contributed by atoms with E-state index in [1.807, 2.05) is 13.1 Å². The first-order valence-electron chi connectivity index (χ1n) is 5.47. The van der Waals surface area contributed by atoms with Gasteiger partial charge in [-0.2, -0.15) is 0 Å². The lowest BCUT2D eigenvalue weighted by Gasteiger charge is -2.12. The lowest BCUT2D eigenvalue weighted by molar-refractivity contribution is 0.280. The molecule has 0 amide bonds. The summed E-state index contributed by atoms with van der Waals surface area (Å²) in [5.41, 5.74) is 4.89. The zero-order valence-corrected chi connectivity index (χ0v) is 9.50. The molecule has 0 saturated heterocycles. The third kappa shape index (κ3) is 1.24. The first-order chi connectivity index (χ1) is 7.79. The second kappa shape index (κ2) is 3.37. The fraction of sp³-hybridized carbons (Fsp3) is 0.308. The van der Waals surface area contributed by atoms with Crippen LogP contribution in [0.1, 0.15) is 17.0 Å². The molecule has 1 aliphatic rings. The zero-order chi connectivity index (χ0) is 11.1. The Labute approximate surface area is 94.1 Å². The van der Waals surface area contributed by atoms with Crippen LogP contribution in [0.25, 0.3) is 10.9 Å². The highest BCUT2D eigenvalue weighted by atomic mass is 16.5. The highest BCUT2D eigenvalue weighted by Gasteiger charge is 2.17. The molecule has 0 radical (unpaired) electrons. The van der Waals surface area contributed by atoms with Crippen LogP contribution in [-0.4, -0.2) is 17.1 Å². The summed E-state index contributed by atoms with van der Waals surface area (Å²) in [6.07, 6.45) is 5.82. The van der Waals surface area contributed by atoms with Crippen molar-refractivity contribution < 1.29 is 4.74 Å². The Hall–Kier alpha value is -1.77. The average molecular weight is 214 g/mol. The minimum absolute atomic E-state index is 0.884. The van der Waals surface area contributed by atoms with Gasteiger partial charge in [-0.05, 0) is 24.6 Å². The average Bonchev–Trinajstić information content (AvgIpc) is 2.68. The van der Waals surface area contributed by atoms with Crippen LogP contribution < -0.4 is 0 Å². The molecule has 2 aromatic heterocycles. The number of ether oxygens (including phenoxy) is 1. The van der Waals surface area contributed by atoms with Gasteiger partial charge in [-0.3, -0.25) is 4.98 Å². The van der Waals surface area contributed by atoms with Crippen LogP contribution in [0.3, 0.4) is 0 Å². The van der Waals surface area contributed by atoms with Gasteiger partial charge in [0.15, 0.2) is 0 Å². The van der Waals surface area contributed by atoms with Crippen LogP contribution in [0, 0.1) is 6.92 Å². The maximum Gasteiger partial charge on any atom is 0.0964 e. The van der Waals surface area contributed by atoms with Gasteiger partial charge in [0.05, 0.1) is 24.1 Å². The van der Waals surface area contributed by atoms with Gasteiger partial charge in [0.2, 0.25) is 0 Å². The Morgan fingerprint density at radius 3 is 3.12 bits per heavy atom. The van der Waals surface area contributed by atoms with E-state index in [-0.39, 0.29) is 0 Å². The van der Waals surface area contributed by atoms with Crippen molar-refractivity contribution in [1.82, 2.24) is 9.97 Å². The molecule has 0 spiro atoms. The van der Waals surface area contributed by atoms with Crippen LogP contribution >= 0.6 is 0 Å². The van der Waals surface area contributed by atoms with Crippen LogP contribution in [0.15, 0.2) is 24.1 Å². The molecule has 0 bridgehead atoms. The van der Waals surface area contributed by atoms with Crippen molar-refractivity contribution in [2.24, 2.45) is 0 Å². The lowest BCUT2D eigenvalue weighted by atomic mass is 10.00. The van der Waals surface area contributed by atoms with Gasteiger partial charge in [0.1, 0.15) is 0 Å². The van der Waals surface area contributed by atoms with Gasteiger partial charge >= 0.3 is 0 Å². The standard InChI is InChI=1S/C13H14N2O/c1-8-13-10(5-6-14-8)11-7-9(16-2)3-4-12(11)15-13/h3,5-6,15H,4,7H2,1-2H3. The monoisotopic (exact) mass is 214 g/mol. The summed E-state index contributed by atoms with van der Waals surface area (Å²) in [6.45, 7) is 2.04. The number of nitrogens with zero attached hydrogens (tertiary/aromatic N) is 1. The maximum absolute atomic E-state index is 5.33. The first kappa shape index (κ1) is 9.46. The van der Waals surface area contributed by atoms with Crippen molar-refractivity contribution in [3.05, 3.63) is 41.0 Å². The molecule has 0 saturated carbocycles. The Kier molecular flexibility index (Phi) is 1.99. The number of aryl methyl sites for hydroxylation is 1. The molecule has 0 unspecified atom stereocenters. The molecule has 82 valence electrons. The normalized spacial score (nSPS) is 14.8. The number of nitrogens with one attached hydrogen (secondary N) is 1. The number of aromatic nitrogens is 2. The molecule has 2 aromatic rings. The number of H-pyrrole nitrogens is 1. The molecule has 3 nitrogen and oxygen atoms in total. The summed E-state index contributed by atoms with van der Waals surface area (Å²) in [7, 11) is 1.73. The van der Waals surface area contributed by atoms with Crippen LogP contribution in [0.2, 0.25) is 0 Å². The van der Waals surface area contributed by atoms with Gasteiger partial charge in [-0.25, -0.2) is 0 Å². The summed E-state index contributed by atoms with van der Waals surface area (Å²) in [5.74, 6) is 1.06. The predicted molar refractivity (Wildman–Crippen MR) is 63.3 cm³/mol. The SMILES string of the molecule is COC1=CCc2[nH]c3c(C)nccc3c2C1. The van der Waals surface area contributed by atoms with Gasteiger partial charge < -0.3 is 9.72 Å². The zero-order valence-electron chi connectivity index (χ0n) is 9.50. The third-order valence-electron chi connectivity index (χ3n) is 3.25. The molecule has 16 heavy (non-hydrogen) atoms. The number of allylic oxidation sites excluding steroid dienone is 2. The van der Waals surface area contributed by atoms with Crippen molar-refractivity contribution in [3.63, 3.8) is 0 Å². The second-order valence-corrected chi connectivity index (χ2v) is 4.16. The Balaban J connectivity index is 2.21. The molecule has 1 N–H and O–H groups in total. The van der Waals surface area contributed by atoms with Gasteiger partial charge in [0, 0.05) is 30.1 Å². The molecular formula is C13H14N2O. The second-order valence-electron chi connectivity index (χ2n) is 4.16. The van der Waals surface area contributed by atoms with E-state index in [9.17, 15) is 0 Å². The molecule has 2 heterocycles. The van der Waals surface area contributed by atoms with Crippen LogP contribution in [-0.2, 0) is 17.6 Å². The molecule has 3 heteroatoms. The first-order valence-corrected chi connectivity index (χ1v) is 5.47. The minimum atomic E-state index is 0.884. The fourth-order valence-electron chi connectivity index (χ4n) is 2.36. The molecule has 0 atom stereocenters. The minimum Gasteiger partial charge on any atom is -0.501 e. The number of aromatic amines is 1. The number of rotatable bonds is 1. The largest absolute Gasteiger partial charge is 0.501 e. The lowest BCUT2D eigenvalue weighted by Crippen LogP contribution is -2.02. The van der Waals surface area contributed by atoms with E-state index in [0.717, 1.165) is 24.3 Å². The smallest absolute Gasteiger partial charge is 0.0964 e. The fourth-order valence-corrected chi connectivity index (χ4v) is 2.36. The Morgan fingerprint density at radius 2 is 2.31 bits per heavy atom. The number of hydrogen-bond donors (Lipinski definition) is 1. The van der Waals surface area contributed by atoms with Gasteiger partial charge in [0.25, 0.3) is 0 Å². The molecule has 3 rings (SSSR count). The Bertz CT molecular complexity index is 581. The van der Waals surface area contributed by atoms with Crippen molar-refractivity contribution in [1.29, 1.82) is 0 Å². The number of pyridine rings is 1.